The highest BCUT2D eigenvalue weighted by Gasteiger charge is 2.17. The third-order valence-electron chi connectivity index (χ3n) is 2.56. The number of benzene rings is 1. The van der Waals surface area contributed by atoms with Crippen molar-refractivity contribution in [3.05, 3.63) is 29.3 Å². The van der Waals surface area contributed by atoms with Gasteiger partial charge in [-0.15, -0.1) is 0 Å². The van der Waals surface area contributed by atoms with Crippen molar-refractivity contribution in [2.45, 2.75) is 12.8 Å². The number of hydrogen-bond donors (Lipinski definition) is 3. The smallest absolute Gasteiger partial charge is 0.340 e. The van der Waals surface area contributed by atoms with Gasteiger partial charge in [0.2, 0.25) is 0 Å². The Bertz CT molecular complexity index is 592. The maximum absolute atomic E-state index is 13.5. The molecule has 0 aliphatic heterocycles. The molecule has 0 saturated heterocycles. The van der Waals surface area contributed by atoms with E-state index in [1.54, 1.807) is 0 Å². The lowest BCUT2D eigenvalue weighted by molar-refractivity contribution is -0.137. The zero-order valence-corrected chi connectivity index (χ0v) is 11.6. The molecule has 0 aliphatic carbocycles. The van der Waals surface area contributed by atoms with Gasteiger partial charge in [0.15, 0.2) is 0 Å². The van der Waals surface area contributed by atoms with Gasteiger partial charge in [0.25, 0.3) is 0 Å². The van der Waals surface area contributed by atoms with E-state index in [1.165, 1.54) is 0 Å². The van der Waals surface area contributed by atoms with Gasteiger partial charge < -0.3 is 20.5 Å². The Morgan fingerprint density at radius 1 is 1.23 bits per heavy atom. The number of rotatable bonds is 6. The van der Waals surface area contributed by atoms with Crippen molar-refractivity contribution in [3.63, 3.8) is 0 Å². The first-order valence-corrected chi connectivity index (χ1v) is 6.19. The van der Waals surface area contributed by atoms with E-state index in [-0.39, 0.29) is 19.4 Å². The molecule has 2 amide bonds. The largest absolute Gasteiger partial charge is 0.481 e. The van der Waals surface area contributed by atoms with Crippen LogP contribution in [0, 0.1) is 11.6 Å². The third-order valence-corrected chi connectivity index (χ3v) is 2.56. The van der Waals surface area contributed by atoms with E-state index in [4.69, 9.17) is 5.11 Å². The number of halogens is 2. The molecule has 0 atom stereocenters. The Hall–Kier alpha value is -2.71. The molecular formula is C13H14F2N2O5. The van der Waals surface area contributed by atoms with Crippen molar-refractivity contribution in [1.82, 2.24) is 5.32 Å². The second-order valence-corrected chi connectivity index (χ2v) is 4.18. The van der Waals surface area contributed by atoms with Crippen LogP contribution >= 0.6 is 0 Å². The molecule has 0 spiro atoms. The van der Waals surface area contributed by atoms with Crippen LogP contribution in [0.3, 0.4) is 0 Å². The normalized spacial score (nSPS) is 9.95. The number of carbonyl (C=O) groups excluding carboxylic acids is 2. The number of hydrogen-bond acceptors (Lipinski definition) is 4. The summed E-state index contributed by atoms with van der Waals surface area (Å²) in [7, 11) is 1.04. The highest BCUT2D eigenvalue weighted by Crippen LogP contribution is 2.20. The van der Waals surface area contributed by atoms with Gasteiger partial charge in [-0.3, -0.25) is 4.79 Å². The van der Waals surface area contributed by atoms with Crippen molar-refractivity contribution in [1.29, 1.82) is 0 Å². The van der Waals surface area contributed by atoms with Crippen LogP contribution in [-0.2, 0) is 9.53 Å². The maximum Gasteiger partial charge on any atom is 0.340 e. The molecule has 0 aliphatic rings. The predicted molar refractivity (Wildman–Crippen MR) is 71.6 cm³/mol. The summed E-state index contributed by atoms with van der Waals surface area (Å²) < 4.78 is 31.3. The monoisotopic (exact) mass is 316 g/mol. The van der Waals surface area contributed by atoms with Crippen LogP contribution in [0.25, 0.3) is 0 Å². The quantitative estimate of drug-likeness (QED) is 0.548. The van der Waals surface area contributed by atoms with Crippen molar-refractivity contribution in [2.75, 3.05) is 19.0 Å². The van der Waals surface area contributed by atoms with Crippen molar-refractivity contribution in [3.8, 4) is 0 Å². The number of ether oxygens (including phenoxy) is 1. The van der Waals surface area contributed by atoms with Crippen LogP contribution in [0.2, 0.25) is 0 Å². The molecule has 0 unspecified atom stereocenters. The summed E-state index contributed by atoms with van der Waals surface area (Å²) in [6.07, 6.45) is 0.0692. The Kier molecular flexibility index (Phi) is 6.24. The van der Waals surface area contributed by atoms with Crippen LogP contribution in [0.4, 0.5) is 19.3 Å². The van der Waals surface area contributed by atoms with Gasteiger partial charge in [0, 0.05) is 19.0 Å². The molecule has 0 heterocycles. The average Bonchev–Trinajstić information content (AvgIpc) is 2.45. The zero-order valence-electron chi connectivity index (χ0n) is 11.6. The Morgan fingerprint density at radius 3 is 2.50 bits per heavy atom. The number of anilines is 1. The van der Waals surface area contributed by atoms with Crippen molar-refractivity contribution >= 4 is 23.7 Å². The van der Waals surface area contributed by atoms with Gasteiger partial charge in [-0.25, -0.2) is 18.4 Å². The molecule has 3 N–H and O–H groups in total. The van der Waals surface area contributed by atoms with Gasteiger partial charge >= 0.3 is 18.0 Å². The zero-order chi connectivity index (χ0) is 16.7. The fourth-order valence-corrected chi connectivity index (χ4v) is 1.52. The minimum Gasteiger partial charge on any atom is -0.481 e. The van der Waals surface area contributed by atoms with Gasteiger partial charge in [-0.05, 0) is 12.5 Å². The molecule has 9 heteroatoms. The number of aliphatic carboxylic acids is 1. The summed E-state index contributed by atoms with van der Waals surface area (Å²) in [6, 6.07) is 0.450. The molecule has 0 fully saturated rings. The Labute approximate surface area is 124 Å². The summed E-state index contributed by atoms with van der Waals surface area (Å²) in [4.78, 5) is 33.1. The molecule has 120 valence electrons. The number of carboxylic acid groups (broad SMARTS) is 1. The first-order valence-electron chi connectivity index (χ1n) is 6.19. The van der Waals surface area contributed by atoms with E-state index in [2.05, 4.69) is 15.4 Å². The first-order chi connectivity index (χ1) is 10.3. The van der Waals surface area contributed by atoms with E-state index in [0.29, 0.717) is 6.07 Å². The second-order valence-electron chi connectivity index (χ2n) is 4.18. The molecule has 0 bridgehead atoms. The second kappa shape index (κ2) is 7.91. The number of methoxy groups -OCH3 is 1. The molecule has 1 aromatic rings. The van der Waals surface area contributed by atoms with Gasteiger partial charge in [0.1, 0.15) is 11.6 Å². The van der Waals surface area contributed by atoms with Crippen molar-refractivity contribution < 1.29 is 33.0 Å². The first kappa shape index (κ1) is 17.3. The number of esters is 1. The highest BCUT2D eigenvalue weighted by molar-refractivity contribution is 5.94. The topological polar surface area (TPSA) is 105 Å². The summed E-state index contributed by atoms with van der Waals surface area (Å²) in [6.45, 7) is 0.0603. The van der Waals surface area contributed by atoms with Crippen LogP contribution < -0.4 is 10.6 Å². The van der Waals surface area contributed by atoms with Gasteiger partial charge in [0.05, 0.1) is 18.4 Å². The Balaban J connectivity index is 2.70. The van der Waals surface area contributed by atoms with Crippen LogP contribution in [0.1, 0.15) is 23.2 Å². The van der Waals surface area contributed by atoms with Crippen molar-refractivity contribution in [2.24, 2.45) is 0 Å². The molecule has 7 nitrogen and oxygen atoms in total. The fourth-order valence-electron chi connectivity index (χ4n) is 1.52. The van der Waals surface area contributed by atoms with Gasteiger partial charge in [-0.1, -0.05) is 0 Å². The Morgan fingerprint density at radius 2 is 1.91 bits per heavy atom. The summed E-state index contributed by atoms with van der Waals surface area (Å²) >= 11 is 0. The minimum atomic E-state index is -1.11. The summed E-state index contributed by atoms with van der Waals surface area (Å²) in [5.74, 6) is -4.19. The number of nitrogens with one attached hydrogen (secondary N) is 2. The van der Waals surface area contributed by atoms with E-state index >= 15 is 0 Å². The average molecular weight is 316 g/mol. The highest BCUT2D eigenvalue weighted by atomic mass is 19.1. The summed E-state index contributed by atoms with van der Waals surface area (Å²) in [5, 5.41) is 12.8. The number of amides is 2. The van der Waals surface area contributed by atoms with Crippen LogP contribution in [0.5, 0.6) is 0 Å². The van der Waals surface area contributed by atoms with E-state index in [9.17, 15) is 23.2 Å². The van der Waals surface area contributed by atoms with Gasteiger partial charge in [-0.2, -0.15) is 0 Å². The number of carbonyl (C=O) groups is 3. The molecule has 0 aromatic heterocycles. The molecule has 22 heavy (non-hydrogen) atoms. The maximum atomic E-state index is 13.5. The summed E-state index contributed by atoms with van der Waals surface area (Å²) in [5.41, 5.74) is -0.928. The predicted octanol–water partition coefficient (Wildman–Crippen LogP) is 1.74. The SMILES string of the molecule is COC(=O)c1cc(NC(=O)NCCCC(=O)O)c(F)cc1F. The lowest BCUT2D eigenvalue weighted by Gasteiger charge is -2.10. The number of urea groups is 1. The molecule has 0 radical (unpaired) electrons. The lowest BCUT2D eigenvalue weighted by Crippen LogP contribution is -2.30. The minimum absolute atomic E-state index is 0.0603. The number of carboxylic acids is 1. The van der Waals surface area contributed by atoms with E-state index in [0.717, 1.165) is 13.2 Å². The fraction of sp³-hybridized carbons (Fsp3) is 0.308. The molecular weight excluding hydrogens is 302 g/mol. The lowest BCUT2D eigenvalue weighted by atomic mass is 10.2. The standard InChI is InChI=1S/C13H14F2N2O5/c1-22-12(20)7-5-10(9(15)6-8(7)14)17-13(21)16-4-2-3-11(18)19/h5-6H,2-4H2,1H3,(H,18,19)(H2,16,17,21). The van der Waals surface area contributed by atoms with E-state index < -0.39 is 40.9 Å². The third kappa shape index (κ3) is 5.00. The van der Waals surface area contributed by atoms with Crippen LogP contribution in [-0.4, -0.2) is 36.7 Å². The van der Waals surface area contributed by atoms with E-state index in [1.807, 2.05) is 0 Å². The molecule has 1 aromatic carbocycles. The molecule has 0 saturated carbocycles. The molecule has 1 rings (SSSR count). The van der Waals surface area contributed by atoms with Crippen LogP contribution in [0.15, 0.2) is 12.1 Å².